The predicted octanol–water partition coefficient (Wildman–Crippen LogP) is 4.03. The summed E-state index contributed by atoms with van der Waals surface area (Å²) < 4.78 is 5.48. The summed E-state index contributed by atoms with van der Waals surface area (Å²) in [5.41, 5.74) is 2.65. The molecule has 0 aliphatic carbocycles. The highest BCUT2D eigenvalue weighted by atomic mass is 16.5. The molecule has 2 aromatic rings. The molecule has 1 unspecified atom stereocenters. The molecule has 1 saturated heterocycles. The Labute approximate surface area is 131 Å². The fourth-order valence-corrected chi connectivity index (χ4v) is 2.99. The van der Waals surface area contributed by atoms with E-state index in [1.54, 1.807) is 0 Å². The summed E-state index contributed by atoms with van der Waals surface area (Å²) in [7, 11) is 0. The van der Waals surface area contributed by atoms with Gasteiger partial charge in [0.25, 0.3) is 0 Å². The van der Waals surface area contributed by atoms with Gasteiger partial charge in [0.2, 0.25) is 0 Å². The first kappa shape index (κ1) is 14.6. The van der Waals surface area contributed by atoms with Crippen LogP contribution in [0.3, 0.4) is 0 Å². The van der Waals surface area contributed by atoms with Gasteiger partial charge in [-0.1, -0.05) is 42.5 Å². The number of rotatable bonds is 4. The van der Waals surface area contributed by atoms with Crippen LogP contribution in [0.1, 0.15) is 35.7 Å². The molecule has 22 heavy (non-hydrogen) atoms. The lowest BCUT2D eigenvalue weighted by molar-refractivity contribution is 0.0473. The normalized spacial score (nSPS) is 17.5. The highest BCUT2D eigenvalue weighted by Gasteiger charge is 2.24. The number of carbonyl (C=O) groups excluding carboxylic acids is 1. The van der Waals surface area contributed by atoms with E-state index in [1.165, 1.54) is 12.8 Å². The van der Waals surface area contributed by atoms with E-state index in [4.69, 9.17) is 4.74 Å². The van der Waals surface area contributed by atoms with Gasteiger partial charge >= 0.3 is 5.97 Å². The van der Waals surface area contributed by atoms with Gasteiger partial charge in [-0.3, -0.25) is 0 Å². The number of hydrogen-bond acceptors (Lipinski definition) is 3. The molecule has 0 amide bonds. The topological polar surface area (TPSA) is 29.5 Å². The highest BCUT2D eigenvalue weighted by molar-refractivity contribution is 5.96. The van der Waals surface area contributed by atoms with E-state index in [9.17, 15) is 4.79 Å². The summed E-state index contributed by atoms with van der Waals surface area (Å²) in [5, 5.41) is 0. The predicted molar refractivity (Wildman–Crippen MR) is 88.0 cm³/mol. The molecule has 1 aliphatic rings. The van der Waals surface area contributed by atoms with E-state index >= 15 is 0 Å². The average Bonchev–Trinajstić information content (AvgIpc) is 2.99. The maximum Gasteiger partial charge on any atom is 0.340 e. The Morgan fingerprint density at radius 1 is 1.14 bits per heavy atom. The van der Waals surface area contributed by atoms with Gasteiger partial charge < -0.3 is 9.64 Å². The SMILES string of the molecule is CC1CCCN1c1ccccc1C(=O)OCc1ccccc1. The zero-order chi connectivity index (χ0) is 15.4. The van der Waals surface area contributed by atoms with Crippen LogP contribution in [0.4, 0.5) is 5.69 Å². The molecule has 3 nitrogen and oxygen atoms in total. The monoisotopic (exact) mass is 295 g/mol. The summed E-state index contributed by atoms with van der Waals surface area (Å²) in [4.78, 5) is 14.8. The summed E-state index contributed by atoms with van der Waals surface area (Å²) in [6, 6.07) is 18.0. The van der Waals surface area contributed by atoms with Crippen LogP contribution in [0.15, 0.2) is 54.6 Å². The molecule has 3 heteroatoms. The molecule has 114 valence electrons. The lowest BCUT2D eigenvalue weighted by Crippen LogP contribution is -2.28. The van der Waals surface area contributed by atoms with Crippen LogP contribution in [0, 0.1) is 0 Å². The maximum atomic E-state index is 12.5. The molecular weight excluding hydrogens is 274 g/mol. The number of para-hydroxylation sites is 1. The van der Waals surface area contributed by atoms with Crippen molar-refractivity contribution in [1.82, 2.24) is 0 Å². The second kappa shape index (κ2) is 6.65. The van der Waals surface area contributed by atoms with E-state index < -0.39 is 0 Å². The van der Waals surface area contributed by atoms with Crippen LogP contribution in [0.2, 0.25) is 0 Å². The van der Waals surface area contributed by atoms with Crippen LogP contribution in [0.5, 0.6) is 0 Å². The van der Waals surface area contributed by atoms with Gasteiger partial charge in [-0.15, -0.1) is 0 Å². The first-order chi connectivity index (χ1) is 10.8. The molecule has 3 rings (SSSR count). The summed E-state index contributed by atoms with van der Waals surface area (Å²) >= 11 is 0. The molecule has 0 aromatic heterocycles. The molecule has 1 atom stereocenters. The zero-order valence-corrected chi connectivity index (χ0v) is 12.9. The van der Waals surface area contributed by atoms with E-state index in [1.807, 2.05) is 54.6 Å². The van der Waals surface area contributed by atoms with Crippen molar-refractivity contribution in [3.05, 3.63) is 65.7 Å². The summed E-state index contributed by atoms with van der Waals surface area (Å²) in [5.74, 6) is -0.251. The minimum absolute atomic E-state index is 0.251. The first-order valence-electron chi connectivity index (χ1n) is 7.82. The Morgan fingerprint density at radius 3 is 2.59 bits per heavy atom. The molecule has 0 bridgehead atoms. The van der Waals surface area contributed by atoms with Crippen molar-refractivity contribution in [2.75, 3.05) is 11.4 Å². The van der Waals surface area contributed by atoms with E-state index in [0.29, 0.717) is 18.2 Å². The molecule has 0 radical (unpaired) electrons. The standard InChI is InChI=1S/C19H21NO2/c1-15-8-7-13-20(15)18-12-6-5-11-17(18)19(21)22-14-16-9-3-2-4-10-16/h2-6,9-12,15H,7-8,13-14H2,1H3. The smallest absolute Gasteiger partial charge is 0.340 e. The van der Waals surface area contributed by atoms with Crippen LogP contribution in [-0.4, -0.2) is 18.6 Å². The van der Waals surface area contributed by atoms with Gasteiger partial charge in [0, 0.05) is 12.6 Å². The van der Waals surface area contributed by atoms with Crippen molar-refractivity contribution in [2.24, 2.45) is 0 Å². The number of hydrogen-bond donors (Lipinski definition) is 0. The van der Waals surface area contributed by atoms with Crippen molar-refractivity contribution in [1.29, 1.82) is 0 Å². The van der Waals surface area contributed by atoms with Crippen molar-refractivity contribution >= 4 is 11.7 Å². The average molecular weight is 295 g/mol. The first-order valence-corrected chi connectivity index (χ1v) is 7.82. The minimum atomic E-state index is -0.251. The van der Waals surface area contributed by atoms with Gasteiger partial charge in [-0.05, 0) is 37.5 Å². The third-order valence-corrected chi connectivity index (χ3v) is 4.20. The van der Waals surface area contributed by atoms with Gasteiger partial charge in [0.15, 0.2) is 0 Å². The quantitative estimate of drug-likeness (QED) is 0.798. The Kier molecular flexibility index (Phi) is 4.42. The number of benzene rings is 2. The third kappa shape index (κ3) is 3.14. The fourth-order valence-electron chi connectivity index (χ4n) is 2.99. The van der Waals surface area contributed by atoms with Gasteiger partial charge in [0.1, 0.15) is 6.61 Å². The van der Waals surface area contributed by atoms with Crippen molar-refractivity contribution < 1.29 is 9.53 Å². The zero-order valence-electron chi connectivity index (χ0n) is 12.9. The number of esters is 1. The van der Waals surface area contributed by atoms with Crippen LogP contribution < -0.4 is 4.90 Å². The molecule has 1 fully saturated rings. The molecule has 2 aromatic carbocycles. The molecule has 0 spiro atoms. The molecule has 0 N–H and O–H groups in total. The second-order valence-corrected chi connectivity index (χ2v) is 5.76. The molecule has 1 aliphatic heterocycles. The maximum absolute atomic E-state index is 12.5. The Morgan fingerprint density at radius 2 is 1.86 bits per heavy atom. The third-order valence-electron chi connectivity index (χ3n) is 4.20. The second-order valence-electron chi connectivity index (χ2n) is 5.76. The molecule has 1 heterocycles. The van der Waals surface area contributed by atoms with Gasteiger partial charge in [-0.2, -0.15) is 0 Å². The highest BCUT2D eigenvalue weighted by Crippen LogP contribution is 2.29. The lowest BCUT2D eigenvalue weighted by atomic mass is 10.1. The largest absolute Gasteiger partial charge is 0.457 e. The fraction of sp³-hybridized carbons (Fsp3) is 0.316. The van der Waals surface area contributed by atoms with Crippen LogP contribution >= 0.6 is 0 Å². The van der Waals surface area contributed by atoms with Crippen LogP contribution in [0.25, 0.3) is 0 Å². The van der Waals surface area contributed by atoms with Gasteiger partial charge in [0.05, 0.1) is 11.3 Å². The molecular formula is C19H21NO2. The van der Waals surface area contributed by atoms with Crippen molar-refractivity contribution in [3.63, 3.8) is 0 Å². The van der Waals surface area contributed by atoms with E-state index in [-0.39, 0.29) is 5.97 Å². The number of carbonyl (C=O) groups is 1. The van der Waals surface area contributed by atoms with Gasteiger partial charge in [-0.25, -0.2) is 4.79 Å². The Balaban J connectivity index is 1.75. The molecule has 0 saturated carbocycles. The van der Waals surface area contributed by atoms with Crippen molar-refractivity contribution in [2.45, 2.75) is 32.4 Å². The van der Waals surface area contributed by atoms with E-state index in [0.717, 1.165) is 17.8 Å². The Hall–Kier alpha value is -2.29. The van der Waals surface area contributed by atoms with Crippen LogP contribution in [-0.2, 0) is 11.3 Å². The number of nitrogens with zero attached hydrogens (tertiary/aromatic N) is 1. The number of anilines is 1. The Bertz CT molecular complexity index is 639. The summed E-state index contributed by atoms with van der Waals surface area (Å²) in [6.45, 7) is 3.52. The lowest BCUT2D eigenvalue weighted by Gasteiger charge is -2.25. The van der Waals surface area contributed by atoms with Crippen molar-refractivity contribution in [3.8, 4) is 0 Å². The summed E-state index contributed by atoms with van der Waals surface area (Å²) in [6.07, 6.45) is 2.35. The van der Waals surface area contributed by atoms with E-state index in [2.05, 4.69) is 11.8 Å². The number of ether oxygens (including phenoxy) is 1. The minimum Gasteiger partial charge on any atom is -0.457 e.